The number of allylic oxidation sites excluding steroid dienone is 3. The number of pyridine rings is 2. The van der Waals surface area contributed by atoms with Crippen LogP contribution in [-0.2, 0) is 11.0 Å². The van der Waals surface area contributed by atoms with Gasteiger partial charge in [-0.15, -0.1) is 0 Å². The van der Waals surface area contributed by atoms with Gasteiger partial charge in [-0.3, -0.25) is 9.78 Å². The quantitative estimate of drug-likeness (QED) is 0.626. The van der Waals surface area contributed by atoms with Gasteiger partial charge in [0.15, 0.2) is 5.94 Å². The first-order chi connectivity index (χ1) is 14.8. The third-order valence-corrected chi connectivity index (χ3v) is 4.73. The smallest absolute Gasteiger partial charge is 0.352 e. The van der Waals surface area contributed by atoms with Crippen LogP contribution in [-0.4, -0.2) is 26.4 Å². The van der Waals surface area contributed by atoms with E-state index in [1.165, 1.54) is 16.8 Å². The van der Waals surface area contributed by atoms with Crippen LogP contribution in [0.4, 0.5) is 18.9 Å². The summed E-state index contributed by atoms with van der Waals surface area (Å²) in [5.74, 6) is 1.22. The third kappa shape index (κ3) is 3.72. The minimum Gasteiger partial charge on any atom is -0.352 e. The molecular formula is C21H14F3N5O2. The van der Waals surface area contributed by atoms with Crippen molar-refractivity contribution < 1.29 is 22.8 Å². The number of alkyl halides is 3. The first-order valence-electron chi connectivity index (χ1n) is 9.01. The van der Waals surface area contributed by atoms with Gasteiger partial charge in [-0.05, 0) is 42.8 Å². The van der Waals surface area contributed by atoms with E-state index >= 15 is 0 Å². The second kappa shape index (κ2) is 7.58. The van der Waals surface area contributed by atoms with Gasteiger partial charge in [-0.2, -0.15) is 18.3 Å². The van der Waals surface area contributed by atoms with Crippen LogP contribution < -0.4 is 10.6 Å². The highest BCUT2D eigenvalue weighted by Crippen LogP contribution is 2.30. The largest absolute Gasteiger partial charge is 0.433 e. The zero-order valence-electron chi connectivity index (χ0n) is 16.0. The highest BCUT2D eigenvalue weighted by atomic mass is 19.4. The van der Waals surface area contributed by atoms with Crippen molar-refractivity contribution in [2.24, 2.45) is 0 Å². The number of amides is 1. The van der Waals surface area contributed by atoms with Crippen molar-refractivity contribution in [3.05, 3.63) is 83.2 Å². The van der Waals surface area contributed by atoms with Crippen molar-refractivity contribution in [3.63, 3.8) is 0 Å². The fourth-order valence-electron chi connectivity index (χ4n) is 3.21. The fraction of sp³-hybridized carbons (Fsp3) is 0.0952. The number of nitrogens with zero attached hydrogens (tertiary/aromatic N) is 3. The Bertz CT molecular complexity index is 1310. The van der Waals surface area contributed by atoms with Gasteiger partial charge in [0, 0.05) is 23.7 Å². The van der Waals surface area contributed by atoms with Crippen LogP contribution in [0.15, 0.2) is 66.3 Å². The molecule has 1 aliphatic rings. The summed E-state index contributed by atoms with van der Waals surface area (Å²) < 4.78 is 40.1. The Morgan fingerprint density at radius 2 is 2.06 bits per heavy atom. The predicted molar refractivity (Wildman–Crippen MR) is 106 cm³/mol. The summed E-state index contributed by atoms with van der Waals surface area (Å²) in [6, 6.07) is 7.19. The molecule has 7 nitrogen and oxygen atoms in total. The van der Waals surface area contributed by atoms with Crippen molar-refractivity contribution in [1.29, 1.82) is 0 Å². The number of rotatable bonds is 3. The molecule has 0 atom stereocenters. The number of carbonyl (C=O) groups is 1. The Morgan fingerprint density at radius 1 is 1.26 bits per heavy atom. The lowest BCUT2D eigenvalue weighted by Crippen LogP contribution is -2.14. The van der Waals surface area contributed by atoms with E-state index in [0.717, 1.165) is 12.3 Å². The van der Waals surface area contributed by atoms with Crippen molar-refractivity contribution >= 4 is 28.6 Å². The van der Waals surface area contributed by atoms with Crippen molar-refractivity contribution in [1.82, 2.24) is 19.9 Å². The fourth-order valence-corrected chi connectivity index (χ4v) is 3.21. The molecule has 4 heterocycles. The molecule has 31 heavy (non-hydrogen) atoms. The normalized spacial score (nSPS) is 13.9. The number of anilines is 1. The standard InChI is InChI=1S/C21H14F3N5O2/c1-12-14(6-8-25-16(12)11-30)17-3-2-4-18-15(10-27-29(17)18)20(31)28-13-5-7-26-19(9-13)21(22,23)24/h2-10,25H,1H3,(H,26,28,31). The molecule has 1 aliphatic heterocycles. The van der Waals surface area contributed by atoms with E-state index in [1.807, 2.05) is 5.94 Å². The van der Waals surface area contributed by atoms with Gasteiger partial charge in [0.1, 0.15) is 11.4 Å². The maximum atomic E-state index is 12.9. The van der Waals surface area contributed by atoms with Crippen LogP contribution in [0.1, 0.15) is 28.7 Å². The van der Waals surface area contributed by atoms with Gasteiger partial charge in [0.2, 0.25) is 0 Å². The number of fused-ring (bicyclic) bond motifs is 1. The van der Waals surface area contributed by atoms with Gasteiger partial charge < -0.3 is 10.6 Å². The number of aromatic nitrogens is 3. The van der Waals surface area contributed by atoms with Gasteiger partial charge in [-0.25, -0.2) is 9.31 Å². The molecule has 3 aromatic rings. The second-order valence-corrected chi connectivity index (χ2v) is 6.64. The summed E-state index contributed by atoms with van der Waals surface area (Å²) in [4.78, 5) is 27.1. The molecule has 0 fully saturated rings. The van der Waals surface area contributed by atoms with E-state index in [1.54, 1.807) is 37.4 Å². The molecule has 0 aromatic carbocycles. The molecule has 0 bridgehead atoms. The Labute approximate surface area is 173 Å². The van der Waals surface area contributed by atoms with Crippen LogP contribution in [0.5, 0.6) is 0 Å². The van der Waals surface area contributed by atoms with Crippen LogP contribution in [0.2, 0.25) is 0 Å². The molecule has 0 radical (unpaired) electrons. The molecule has 0 saturated carbocycles. The topological polar surface area (TPSA) is 88.4 Å². The van der Waals surface area contributed by atoms with E-state index in [9.17, 15) is 22.8 Å². The van der Waals surface area contributed by atoms with E-state index in [0.29, 0.717) is 22.4 Å². The minimum atomic E-state index is -4.62. The monoisotopic (exact) mass is 425 g/mol. The summed E-state index contributed by atoms with van der Waals surface area (Å²) in [5.41, 5.74) is 1.76. The Hall–Kier alpha value is -4.17. The van der Waals surface area contributed by atoms with E-state index in [2.05, 4.69) is 20.7 Å². The molecule has 1 amide bonds. The molecule has 156 valence electrons. The first-order valence-corrected chi connectivity index (χ1v) is 9.01. The number of carbonyl (C=O) groups excluding carboxylic acids is 2. The lowest BCUT2D eigenvalue weighted by Gasteiger charge is -2.15. The lowest BCUT2D eigenvalue weighted by molar-refractivity contribution is -0.141. The summed E-state index contributed by atoms with van der Waals surface area (Å²) in [7, 11) is 0. The third-order valence-electron chi connectivity index (χ3n) is 4.73. The van der Waals surface area contributed by atoms with E-state index in [4.69, 9.17) is 0 Å². The number of hydrogen-bond acceptors (Lipinski definition) is 5. The Balaban J connectivity index is 1.71. The molecule has 0 aliphatic carbocycles. The molecule has 0 spiro atoms. The zero-order chi connectivity index (χ0) is 22.2. The first kappa shape index (κ1) is 20.1. The van der Waals surface area contributed by atoms with Gasteiger partial charge in [-0.1, -0.05) is 6.07 Å². The van der Waals surface area contributed by atoms with Crippen molar-refractivity contribution in [3.8, 4) is 0 Å². The second-order valence-electron chi connectivity index (χ2n) is 6.64. The Kier molecular flexibility index (Phi) is 4.92. The van der Waals surface area contributed by atoms with Gasteiger partial charge >= 0.3 is 6.18 Å². The summed E-state index contributed by atoms with van der Waals surface area (Å²) in [5, 5.41) is 9.52. The SMILES string of the molecule is CC1=C(c2cccc3c(C(=O)Nc4ccnc(C(F)(F)F)c4)cnn23)C=CNC1=C=O. The molecule has 4 rings (SSSR count). The molecule has 0 saturated heterocycles. The molecule has 2 N–H and O–H groups in total. The predicted octanol–water partition coefficient (Wildman–Crippen LogP) is 3.61. The average molecular weight is 425 g/mol. The van der Waals surface area contributed by atoms with E-state index in [-0.39, 0.29) is 16.9 Å². The van der Waals surface area contributed by atoms with Gasteiger partial charge in [0.05, 0.1) is 23.0 Å². The highest BCUT2D eigenvalue weighted by Gasteiger charge is 2.32. The maximum Gasteiger partial charge on any atom is 0.433 e. The van der Waals surface area contributed by atoms with Crippen LogP contribution >= 0.6 is 0 Å². The molecule has 3 aromatic heterocycles. The average Bonchev–Trinajstić information content (AvgIpc) is 3.18. The zero-order valence-corrected chi connectivity index (χ0v) is 16.0. The highest BCUT2D eigenvalue weighted by molar-refractivity contribution is 6.09. The van der Waals surface area contributed by atoms with Crippen LogP contribution in [0.25, 0.3) is 11.1 Å². The van der Waals surface area contributed by atoms with Gasteiger partial charge in [0.25, 0.3) is 5.91 Å². The number of hydrogen-bond donors (Lipinski definition) is 2. The van der Waals surface area contributed by atoms with Crippen molar-refractivity contribution in [2.45, 2.75) is 13.1 Å². The van der Waals surface area contributed by atoms with Crippen molar-refractivity contribution in [2.75, 3.05) is 5.32 Å². The van der Waals surface area contributed by atoms with Crippen LogP contribution in [0.3, 0.4) is 0 Å². The summed E-state index contributed by atoms with van der Waals surface area (Å²) >= 11 is 0. The minimum absolute atomic E-state index is 0.0385. The molecule has 10 heteroatoms. The lowest BCUT2D eigenvalue weighted by atomic mass is 10.0. The summed E-state index contributed by atoms with van der Waals surface area (Å²) in [6.07, 6.45) is 1.05. The Morgan fingerprint density at radius 3 is 2.81 bits per heavy atom. The van der Waals surface area contributed by atoms with Crippen LogP contribution in [0, 0.1) is 0 Å². The number of halogens is 3. The maximum absolute atomic E-state index is 12.9. The summed E-state index contributed by atoms with van der Waals surface area (Å²) in [6.45, 7) is 1.75. The van der Waals surface area contributed by atoms with E-state index < -0.39 is 17.8 Å². The molecule has 0 unspecified atom stereocenters. The number of dihydropyridines is 1. The molecular weight excluding hydrogens is 411 g/mol. The number of nitrogens with one attached hydrogen (secondary N) is 2.